The largest absolute Gasteiger partial charge is 0.489 e. The Morgan fingerprint density at radius 2 is 2.08 bits per heavy atom. The number of benzene rings is 1. The second-order valence-corrected chi connectivity index (χ2v) is 6.80. The molecule has 5 nitrogen and oxygen atoms in total. The number of hydrogen-bond acceptors (Lipinski definition) is 4. The third kappa shape index (κ3) is 4.34. The lowest BCUT2D eigenvalue weighted by molar-refractivity contribution is -0.122. The van der Waals surface area contributed by atoms with Crippen molar-refractivity contribution in [2.24, 2.45) is 0 Å². The summed E-state index contributed by atoms with van der Waals surface area (Å²) in [5.74, 6) is 1.76. The van der Waals surface area contributed by atoms with Crippen molar-refractivity contribution < 1.29 is 9.53 Å². The van der Waals surface area contributed by atoms with E-state index in [1.165, 1.54) is 0 Å². The van der Waals surface area contributed by atoms with E-state index in [0.717, 1.165) is 42.3 Å². The lowest BCUT2D eigenvalue weighted by Gasteiger charge is -2.18. The average Bonchev–Trinajstić information content (AvgIpc) is 3.10. The Labute approximate surface area is 155 Å². The van der Waals surface area contributed by atoms with Gasteiger partial charge in [-0.2, -0.15) is 0 Å². The van der Waals surface area contributed by atoms with Gasteiger partial charge in [0.15, 0.2) is 0 Å². The van der Waals surface area contributed by atoms with Crippen LogP contribution in [-0.2, 0) is 4.79 Å². The van der Waals surface area contributed by atoms with E-state index >= 15 is 0 Å². The minimum Gasteiger partial charge on any atom is -0.489 e. The summed E-state index contributed by atoms with van der Waals surface area (Å²) in [5, 5.41) is 2.86. The van der Waals surface area contributed by atoms with Crippen LogP contribution < -0.4 is 15.0 Å². The molecule has 2 atom stereocenters. The van der Waals surface area contributed by atoms with Gasteiger partial charge in [0, 0.05) is 25.2 Å². The molecule has 0 bridgehead atoms. The molecule has 1 aromatic carbocycles. The van der Waals surface area contributed by atoms with E-state index in [1.54, 1.807) is 0 Å². The summed E-state index contributed by atoms with van der Waals surface area (Å²) < 4.78 is 6.13. The summed E-state index contributed by atoms with van der Waals surface area (Å²) in [6.07, 6.45) is 1.14. The maximum atomic E-state index is 11.9. The molecule has 3 rings (SSSR count). The quantitative estimate of drug-likeness (QED) is 0.866. The van der Waals surface area contributed by atoms with Gasteiger partial charge in [0.05, 0.1) is 12.5 Å². The van der Waals surface area contributed by atoms with Gasteiger partial charge in [-0.05, 0) is 50.6 Å². The number of nitrogens with one attached hydrogen (secondary N) is 1. The molecule has 138 valence electrons. The van der Waals surface area contributed by atoms with Crippen molar-refractivity contribution in [1.82, 2.24) is 10.3 Å². The van der Waals surface area contributed by atoms with Crippen LogP contribution in [0.4, 0.5) is 5.82 Å². The van der Waals surface area contributed by atoms with Crippen molar-refractivity contribution in [2.75, 3.05) is 24.5 Å². The topological polar surface area (TPSA) is 54.5 Å². The smallest absolute Gasteiger partial charge is 0.227 e. The van der Waals surface area contributed by atoms with Gasteiger partial charge in [0.2, 0.25) is 5.91 Å². The minimum absolute atomic E-state index is 0.0539. The average molecular weight is 353 g/mol. The van der Waals surface area contributed by atoms with Crippen LogP contribution >= 0.6 is 0 Å². The zero-order chi connectivity index (χ0) is 18.5. The summed E-state index contributed by atoms with van der Waals surface area (Å²) in [7, 11) is 0. The number of pyridine rings is 1. The zero-order valence-corrected chi connectivity index (χ0v) is 15.7. The van der Waals surface area contributed by atoms with Gasteiger partial charge < -0.3 is 15.0 Å². The number of carbonyl (C=O) groups excluding carboxylic acids is 1. The first-order valence-corrected chi connectivity index (χ1v) is 9.29. The molecule has 1 fully saturated rings. The molecule has 1 aliphatic heterocycles. The Kier molecular flexibility index (Phi) is 5.76. The number of aromatic nitrogens is 1. The third-order valence-electron chi connectivity index (χ3n) is 4.77. The normalized spacial score (nSPS) is 17.8. The molecule has 5 heteroatoms. The Bertz CT molecular complexity index is 745. The lowest BCUT2D eigenvalue weighted by atomic mass is 10.0. The van der Waals surface area contributed by atoms with Crippen molar-refractivity contribution in [1.29, 1.82) is 0 Å². The molecule has 2 heterocycles. The SMILES string of the molecule is CCNC(=O)C(C)c1ccc(O[C@@H]2CCN(c3cccc(C)n3)C2)cc1. The first-order chi connectivity index (χ1) is 12.6. The maximum Gasteiger partial charge on any atom is 0.227 e. The fourth-order valence-corrected chi connectivity index (χ4v) is 3.24. The van der Waals surface area contributed by atoms with Crippen LogP contribution in [0.1, 0.15) is 37.4 Å². The summed E-state index contributed by atoms with van der Waals surface area (Å²) in [6, 6.07) is 14.0. The number of aryl methyl sites for hydroxylation is 1. The molecule has 1 unspecified atom stereocenters. The van der Waals surface area contributed by atoms with E-state index < -0.39 is 0 Å². The van der Waals surface area contributed by atoms with Crippen LogP contribution in [0.3, 0.4) is 0 Å². The van der Waals surface area contributed by atoms with Gasteiger partial charge in [-0.1, -0.05) is 18.2 Å². The van der Waals surface area contributed by atoms with Crippen molar-refractivity contribution >= 4 is 11.7 Å². The van der Waals surface area contributed by atoms with Crippen LogP contribution in [0.5, 0.6) is 5.75 Å². The maximum absolute atomic E-state index is 11.9. The highest BCUT2D eigenvalue weighted by Crippen LogP contribution is 2.24. The number of carbonyl (C=O) groups is 1. The number of nitrogens with zero attached hydrogens (tertiary/aromatic N) is 2. The van der Waals surface area contributed by atoms with Gasteiger partial charge in [0.1, 0.15) is 17.7 Å². The van der Waals surface area contributed by atoms with Crippen molar-refractivity contribution in [3.63, 3.8) is 0 Å². The van der Waals surface area contributed by atoms with Crippen molar-refractivity contribution in [3.05, 3.63) is 53.7 Å². The second-order valence-electron chi connectivity index (χ2n) is 6.80. The number of likely N-dealkylation sites (N-methyl/N-ethyl adjacent to an activating group) is 1. The highest BCUT2D eigenvalue weighted by molar-refractivity contribution is 5.83. The van der Waals surface area contributed by atoms with Crippen LogP contribution in [0.25, 0.3) is 0 Å². The number of amides is 1. The highest BCUT2D eigenvalue weighted by Gasteiger charge is 2.25. The highest BCUT2D eigenvalue weighted by atomic mass is 16.5. The summed E-state index contributed by atoms with van der Waals surface area (Å²) >= 11 is 0. The standard InChI is InChI=1S/C21H27N3O2/c1-4-22-21(25)16(3)17-8-10-18(11-9-17)26-19-12-13-24(14-19)20-7-5-6-15(2)23-20/h5-11,16,19H,4,12-14H2,1-3H3,(H,22,25)/t16?,19-/m1/s1. The second kappa shape index (κ2) is 8.21. The minimum atomic E-state index is -0.154. The molecule has 1 aliphatic rings. The molecular formula is C21H27N3O2. The van der Waals surface area contributed by atoms with Gasteiger partial charge in [-0.3, -0.25) is 4.79 Å². The molecule has 1 aromatic heterocycles. The monoisotopic (exact) mass is 353 g/mol. The molecule has 0 spiro atoms. The molecule has 1 N–H and O–H groups in total. The molecule has 2 aromatic rings. The molecule has 0 radical (unpaired) electrons. The third-order valence-corrected chi connectivity index (χ3v) is 4.77. The number of hydrogen-bond donors (Lipinski definition) is 1. The van der Waals surface area contributed by atoms with E-state index in [-0.39, 0.29) is 17.9 Å². The Hall–Kier alpha value is -2.56. The Morgan fingerprint density at radius 1 is 1.31 bits per heavy atom. The number of ether oxygens (including phenoxy) is 1. The van der Waals surface area contributed by atoms with Crippen LogP contribution in [-0.4, -0.2) is 36.6 Å². The van der Waals surface area contributed by atoms with E-state index in [0.29, 0.717) is 6.54 Å². The summed E-state index contributed by atoms with van der Waals surface area (Å²) in [4.78, 5) is 18.8. The molecule has 26 heavy (non-hydrogen) atoms. The predicted molar refractivity (Wildman–Crippen MR) is 104 cm³/mol. The molecule has 1 saturated heterocycles. The zero-order valence-electron chi connectivity index (χ0n) is 15.7. The molecule has 1 amide bonds. The van der Waals surface area contributed by atoms with Gasteiger partial charge in [-0.25, -0.2) is 4.98 Å². The summed E-state index contributed by atoms with van der Waals surface area (Å²) in [6.45, 7) is 8.30. The van der Waals surface area contributed by atoms with Gasteiger partial charge >= 0.3 is 0 Å². The lowest BCUT2D eigenvalue weighted by Crippen LogP contribution is -2.27. The van der Waals surface area contributed by atoms with Crippen LogP contribution in [0, 0.1) is 6.92 Å². The van der Waals surface area contributed by atoms with E-state index in [4.69, 9.17) is 4.74 Å². The van der Waals surface area contributed by atoms with Gasteiger partial charge in [0.25, 0.3) is 0 Å². The van der Waals surface area contributed by atoms with Crippen molar-refractivity contribution in [3.8, 4) is 5.75 Å². The number of rotatable bonds is 6. The van der Waals surface area contributed by atoms with Gasteiger partial charge in [-0.15, -0.1) is 0 Å². The fraction of sp³-hybridized carbons (Fsp3) is 0.429. The Balaban J connectivity index is 1.57. The van der Waals surface area contributed by atoms with Crippen molar-refractivity contribution in [2.45, 2.75) is 39.2 Å². The van der Waals surface area contributed by atoms with E-state index in [2.05, 4.69) is 15.2 Å². The fourth-order valence-electron chi connectivity index (χ4n) is 3.24. The van der Waals surface area contributed by atoms with E-state index in [9.17, 15) is 4.79 Å². The Morgan fingerprint density at radius 3 is 2.77 bits per heavy atom. The first kappa shape index (κ1) is 18.2. The summed E-state index contributed by atoms with van der Waals surface area (Å²) in [5.41, 5.74) is 2.03. The van der Waals surface area contributed by atoms with Crippen LogP contribution in [0.15, 0.2) is 42.5 Å². The number of anilines is 1. The molecular weight excluding hydrogens is 326 g/mol. The van der Waals surface area contributed by atoms with E-state index in [1.807, 2.05) is 63.2 Å². The predicted octanol–water partition coefficient (Wildman–Crippen LogP) is 3.29. The van der Waals surface area contributed by atoms with Crippen LogP contribution in [0.2, 0.25) is 0 Å². The molecule has 0 saturated carbocycles. The first-order valence-electron chi connectivity index (χ1n) is 9.29. The molecule has 0 aliphatic carbocycles.